The van der Waals surface area contributed by atoms with Gasteiger partial charge in [0.25, 0.3) is 23.4 Å². The van der Waals surface area contributed by atoms with E-state index in [-0.39, 0.29) is 32.7 Å². The number of alkyl halides is 2. The van der Waals surface area contributed by atoms with Gasteiger partial charge in [0.1, 0.15) is 6.54 Å². The highest BCUT2D eigenvalue weighted by molar-refractivity contribution is 9.12. The lowest BCUT2D eigenvalue weighted by Crippen LogP contribution is -2.52. The second-order valence-electron chi connectivity index (χ2n) is 9.45. The Kier molecular flexibility index (Phi) is 6.32. The molecule has 2 aromatic carbocycles. The van der Waals surface area contributed by atoms with E-state index >= 15 is 0 Å². The Balaban J connectivity index is 1.50. The molecule has 2 saturated carbocycles. The molecule has 1 saturated heterocycles. The number of hydrazine groups is 1. The fourth-order valence-corrected chi connectivity index (χ4v) is 7.52. The first-order valence-electron chi connectivity index (χ1n) is 11.4. The van der Waals surface area contributed by atoms with Crippen LogP contribution in [0.2, 0.25) is 0 Å². The van der Waals surface area contributed by atoms with Crippen molar-refractivity contribution in [2.75, 3.05) is 6.54 Å². The Morgan fingerprint density at radius 3 is 1.94 bits per heavy atom. The molecular weight excluding hydrogens is 598 g/mol. The minimum atomic E-state index is -0.759. The molecule has 0 radical (unpaired) electrons. The number of non-ortho nitro benzene ring substituents is 1. The summed E-state index contributed by atoms with van der Waals surface area (Å²) in [5.74, 6) is -3.44. The molecule has 2 aromatic rings. The van der Waals surface area contributed by atoms with Gasteiger partial charge in [0.2, 0.25) is 0 Å². The minimum absolute atomic E-state index is 0.0217. The van der Waals surface area contributed by atoms with Gasteiger partial charge in [-0.25, -0.2) is 5.01 Å². The van der Waals surface area contributed by atoms with Crippen LogP contribution in [0.3, 0.4) is 0 Å². The molecule has 0 aromatic heterocycles. The zero-order chi connectivity index (χ0) is 25.9. The Labute approximate surface area is 223 Å². The second kappa shape index (κ2) is 9.19. The summed E-state index contributed by atoms with van der Waals surface area (Å²) in [6.07, 6.45) is 0.727. The number of hydrogen-bond acceptors (Lipinski definition) is 6. The van der Waals surface area contributed by atoms with Crippen LogP contribution in [0.5, 0.6) is 0 Å². The van der Waals surface area contributed by atoms with Gasteiger partial charge < -0.3 is 0 Å². The maximum absolute atomic E-state index is 13.6. The van der Waals surface area contributed by atoms with Crippen LogP contribution in [0.4, 0.5) is 5.69 Å². The van der Waals surface area contributed by atoms with Crippen molar-refractivity contribution >= 4 is 61.1 Å². The van der Waals surface area contributed by atoms with Crippen LogP contribution in [0.15, 0.2) is 48.5 Å². The average Bonchev–Trinajstić information content (AvgIpc) is 3.47. The first kappa shape index (κ1) is 24.8. The van der Waals surface area contributed by atoms with Gasteiger partial charge in [-0.2, -0.15) is 5.01 Å². The molecule has 0 spiro atoms. The normalized spacial score (nSPS) is 28.4. The number of rotatable bonds is 6. The summed E-state index contributed by atoms with van der Waals surface area (Å²) in [6.45, 7) is 1.35. The lowest BCUT2D eigenvalue weighted by molar-refractivity contribution is -0.384. The van der Waals surface area contributed by atoms with Gasteiger partial charge in [-0.05, 0) is 37.3 Å². The van der Waals surface area contributed by atoms with E-state index in [0.717, 1.165) is 22.0 Å². The molecule has 3 fully saturated rings. The number of Topliss-reactive ketones (excluding diaryl/α,β-unsaturated/α-hetero) is 1. The van der Waals surface area contributed by atoms with E-state index in [1.807, 2.05) is 6.92 Å². The van der Waals surface area contributed by atoms with E-state index in [0.29, 0.717) is 5.56 Å². The van der Waals surface area contributed by atoms with E-state index < -0.39 is 46.8 Å². The smallest absolute Gasteiger partial charge is 0.273 e. The van der Waals surface area contributed by atoms with Gasteiger partial charge in [0.05, 0.1) is 16.8 Å². The van der Waals surface area contributed by atoms with Crippen molar-refractivity contribution in [1.82, 2.24) is 10.0 Å². The van der Waals surface area contributed by atoms with Crippen LogP contribution >= 0.6 is 31.9 Å². The SMILES string of the molecule is Cc1ccc(C(=O)CN(C(=O)c2ccc([N+](=O)[O-])cc2)N2C(=O)[C@@H]3[C@H]4C[C@@H]([C@H](Br)[C@H]4Br)[C@@H]3C2=O)cc1. The Hall–Kier alpha value is -2.92. The number of imide groups is 1. The van der Waals surface area contributed by atoms with Crippen molar-refractivity contribution in [3.05, 3.63) is 75.3 Å². The van der Waals surface area contributed by atoms with Gasteiger partial charge in [-0.1, -0.05) is 61.7 Å². The third kappa shape index (κ3) is 3.88. The summed E-state index contributed by atoms with van der Waals surface area (Å²) in [7, 11) is 0. The Bertz CT molecular complexity index is 1250. The van der Waals surface area contributed by atoms with Gasteiger partial charge in [-0.15, -0.1) is 0 Å². The van der Waals surface area contributed by atoms with Crippen molar-refractivity contribution < 1.29 is 24.1 Å². The zero-order valence-electron chi connectivity index (χ0n) is 19.0. The minimum Gasteiger partial charge on any atom is -0.292 e. The Morgan fingerprint density at radius 1 is 0.944 bits per heavy atom. The molecule has 9 nitrogen and oxygen atoms in total. The maximum Gasteiger partial charge on any atom is 0.273 e. The monoisotopic (exact) mass is 617 g/mol. The average molecular weight is 619 g/mol. The standard InChI is InChI=1S/C25H21Br2N3O6/c1-12-2-4-13(5-3-12)18(31)11-28(23(32)14-6-8-15(9-7-14)30(35)36)29-24(33)19-16-10-17(20(19)25(29)34)22(27)21(16)26/h2-9,16-17,19-22H,10-11H2,1H3/t16-,17-,19-,20+,21+,22+/m1/s1. The quantitative estimate of drug-likeness (QED) is 0.159. The molecule has 2 aliphatic carbocycles. The van der Waals surface area contributed by atoms with E-state index in [9.17, 15) is 29.3 Å². The number of nitro benzene ring substituents is 1. The summed E-state index contributed by atoms with van der Waals surface area (Å²) in [4.78, 5) is 64.4. The molecule has 0 N–H and O–H groups in total. The first-order valence-corrected chi connectivity index (χ1v) is 13.3. The lowest BCUT2D eigenvalue weighted by atomic mass is 9.81. The molecule has 3 amide bonds. The first-order chi connectivity index (χ1) is 17.1. The molecule has 36 heavy (non-hydrogen) atoms. The predicted octanol–water partition coefficient (Wildman–Crippen LogP) is 3.92. The van der Waals surface area contributed by atoms with Crippen molar-refractivity contribution in [2.24, 2.45) is 23.7 Å². The largest absolute Gasteiger partial charge is 0.292 e. The molecular formula is C25H21Br2N3O6. The summed E-state index contributed by atoms with van der Waals surface area (Å²) < 4.78 is 0. The highest BCUT2D eigenvalue weighted by atomic mass is 79.9. The van der Waals surface area contributed by atoms with Gasteiger partial charge in [-0.3, -0.25) is 29.3 Å². The number of hydrogen-bond donors (Lipinski definition) is 0. The van der Waals surface area contributed by atoms with Crippen LogP contribution in [0, 0.1) is 40.7 Å². The molecule has 11 heteroatoms. The van der Waals surface area contributed by atoms with E-state index in [1.54, 1.807) is 24.3 Å². The number of benzene rings is 2. The molecule has 1 aliphatic heterocycles. The van der Waals surface area contributed by atoms with Crippen molar-refractivity contribution in [2.45, 2.75) is 23.0 Å². The highest BCUT2D eigenvalue weighted by Gasteiger charge is 2.67. The second-order valence-corrected chi connectivity index (χ2v) is 11.6. The molecule has 6 atom stereocenters. The number of fused-ring (bicyclic) bond motifs is 5. The fraction of sp³-hybridized carbons (Fsp3) is 0.360. The number of aryl methyl sites for hydroxylation is 1. The number of amides is 3. The molecule has 186 valence electrons. The van der Waals surface area contributed by atoms with Crippen molar-refractivity contribution in [3.63, 3.8) is 0 Å². The van der Waals surface area contributed by atoms with Crippen molar-refractivity contribution in [1.29, 1.82) is 0 Å². The number of ketones is 1. The third-order valence-electron chi connectivity index (χ3n) is 7.43. The topological polar surface area (TPSA) is 118 Å². The predicted molar refractivity (Wildman–Crippen MR) is 136 cm³/mol. The van der Waals surface area contributed by atoms with Crippen LogP contribution in [-0.4, -0.2) is 54.6 Å². The number of halogens is 2. The number of carbonyl (C=O) groups excluding carboxylic acids is 4. The molecule has 5 rings (SSSR count). The maximum atomic E-state index is 13.6. The molecule has 1 heterocycles. The summed E-state index contributed by atoms with van der Waals surface area (Å²) >= 11 is 7.29. The molecule has 3 aliphatic rings. The number of carbonyl (C=O) groups is 4. The van der Waals surface area contributed by atoms with Crippen LogP contribution in [-0.2, 0) is 9.59 Å². The van der Waals surface area contributed by atoms with Gasteiger partial charge in [0.15, 0.2) is 5.78 Å². The fourth-order valence-electron chi connectivity index (χ4n) is 5.65. The van der Waals surface area contributed by atoms with Crippen molar-refractivity contribution in [3.8, 4) is 0 Å². The van der Waals surface area contributed by atoms with Crippen LogP contribution in [0.1, 0.15) is 32.7 Å². The van der Waals surface area contributed by atoms with Crippen LogP contribution < -0.4 is 0 Å². The Morgan fingerprint density at radius 2 is 1.44 bits per heavy atom. The summed E-state index contributed by atoms with van der Waals surface area (Å²) in [6, 6.07) is 11.6. The summed E-state index contributed by atoms with van der Waals surface area (Å²) in [5.41, 5.74) is 1.10. The molecule has 0 unspecified atom stereocenters. The van der Waals surface area contributed by atoms with Crippen LogP contribution in [0.25, 0.3) is 0 Å². The van der Waals surface area contributed by atoms with Gasteiger partial charge in [0, 0.05) is 32.9 Å². The number of nitro groups is 1. The molecule has 2 bridgehead atoms. The highest BCUT2D eigenvalue weighted by Crippen LogP contribution is 2.60. The van der Waals surface area contributed by atoms with Gasteiger partial charge >= 0.3 is 0 Å². The van der Waals surface area contributed by atoms with E-state index in [2.05, 4.69) is 31.9 Å². The third-order valence-corrected chi connectivity index (χ3v) is 10.6. The zero-order valence-corrected chi connectivity index (χ0v) is 22.2. The van der Waals surface area contributed by atoms with E-state index in [1.165, 1.54) is 24.3 Å². The number of nitrogens with zero attached hydrogens (tertiary/aromatic N) is 3. The summed E-state index contributed by atoms with van der Waals surface area (Å²) in [5, 5.41) is 12.8. The lowest BCUT2D eigenvalue weighted by Gasteiger charge is -2.30. The van der Waals surface area contributed by atoms with E-state index in [4.69, 9.17) is 0 Å².